The van der Waals surface area contributed by atoms with Gasteiger partial charge in [0.15, 0.2) is 0 Å². The summed E-state index contributed by atoms with van der Waals surface area (Å²) in [5.41, 5.74) is 1.85. The van der Waals surface area contributed by atoms with Crippen molar-refractivity contribution in [2.75, 3.05) is 23.9 Å². The molecule has 0 saturated carbocycles. The first-order valence-electron chi connectivity index (χ1n) is 8.90. The number of amides is 1. The number of fused-ring (bicyclic) bond motifs is 1. The third-order valence-corrected chi connectivity index (χ3v) is 7.38. The van der Waals surface area contributed by atoms with Gasteiger partial charge in [-0.25, -0.2) is 8.42 Å². The second-order valence-corrected chi connectivity index (χ2v) is 8.94. The molecule has 8 heteroatoms. The molecule has 1 unspecified atom stereocenters. The van der Waals surface area contributed by atoms with E-state index in [1.165, 1.54) is 4.31 Å². The Morgan fingerprint density at radius 1 is 1.19 bits per heavy atom. The molecule has 2 aliphatic heterocycles. The minimum absolute atomic E-state index is 0.0876. The van der Waals surface area contributed by atoms with Crippen LogP contribution in [0.15, 0.2) is 42.7 Å². The number of likely N-dealkylation sites (tertiary alicyclic amines) is 1. The second-order valence-electron chi connectivity index (χ2n) is 6.80. The quantitative estimate of drug-likeness (QED) is 0.808. The molecule has 1 fully saturated rings. The molecule has 0 spiro atoms. The van der Waals surface area contributed by atoms with Crippen LogP contribution in [0.1, 0.15) is 18.4 Å². The number of benzene rings is 1. The maximum Gasteiger partial charge on any atom is 0.244 e. The molecular weight excluding hydrogens is 352 g/mol. The molecule has 0 radical (unpaired) electrons. The summed E-state index contributed by atoms with van der Waals surface area (Å²) in [7, 11) is -3.49. The maximum atomic E-state index is 13.2. The standard InChI is InChI=1S/C18H22N4O3S/c23-18(14-21-11-4-9-19-21)20-10-3-6-16(13-20)26(24,25)22-12-8-15-5-1-2-7-17(15)22/h1-2,4-5,7,9,11,16H,3,6,8,10,12-14H2. The molecule has 1 aromatic carbocycles. The lowest BCUT2D eigenvalue weighted by Crippen LogP contribution is -2.50. The molecule has 7 nitrogen and oxygen atoms in total. The van der Waals surface area contributed by atoms with E-state index >= 15 is 0 Å². The highest BCUT2D eigenvalue weighted by molar-refractivity contribution is 7.93. The van der Waals surface area contributed by atoms with Gasteiger partial charge in [-0.1, -0.05) is 18.2 Å². The molecule has 1 atom stereocenters. The SMILES string of the molecule is O=C(Cn1cccn1)N1CCCC(S(=O)(=O)N2CCc3ccccc32)C1. The molecule has 2 aliphatic rings. The van der Waals surface area contributed by atoms with E-state index < -0.39 is 15.3 Å². The van der Waals surface area contributed by atoms with Gasteiger partial charge in [0.05, 0.1) is 10.9 Å². The molecule has 4 rings (SSSR count). The fourth-order valence-electron chi connectivity index (χ4n) is 3.79. The molecule has 1 amide bonds. The summed E-state index contributed by atoms with van der Waals surface area (Å²) in [6.45, 7) is 1.48. The van der Waals surface area contributed by atoms with Crippen molar-refractivity contribution in [3.05, 3.63) is 48.3 Å². The van der Waals surface area contributed by atoms with E-state index in [1.807, 2.05) is 24.3 Å². The lowest BCUT2D eigenvalue weighted by Gasteiger charge is -2.35. The van der Waals surface area contributed by atoms with Crippen LogP contribution in [0.4, 0.5) is 5.69 Å². The highest BCUT2D eigenvalue weighted by Gasteiger charge is 2.39. The zero-order valence-corrected chi connectivity index (χ0v) is 15.3. The van der Waals surface area contributed by atoms with Crippen LogP contribution in [-0.2, 0) is 27.8 Å². The number of aromatic nitrogens is 2. The van der Waals surface area contributed by atoms with E-state index in [4.69, 9.17) is 0 Å². The van der Waals surface area contributed by atoms with Crippen LogP contribution in [0.3, 0.4) is 0 Å². The van der Waals surface area contributed by atoms with Crippen LogP contribution in [-0.4, -0.2) is 53.9 Å². The largest absolute Gasteiger partial charge is 0.340 e. The first-order chi connectivity index (χ1) is 12.6. The average Bonchev–Trinajstić information content (AvgIpc) is 3.31. The third-order valence-electron chi connectivity index (χ3n) is 5.16. The zero-order valence-electron chi connectivity index (χ0n) is 14.5. The molecular formula is C18H22N4O3S. The molecule has 0 aliphatic carbocycles. The van der Waals surface area contributed by atoms with Gasteiger partial charge in [0.2, 0.25) is 15.9 Å². The fraction of sp³-hybridized carbons (Fsp3) is 0.444. The van der Waals surface area contributed by atoms with Crippen molar-refractivity contribution in [1.29, 1.82) is 0 Å². The Kier molecular flexibility index (Phi) is 4.44. The Balaban J connectivity index is 1.49. The Labute approximate surface area is 153 Å². The van der Waals surface area contributed by atoms with Crippen LogP contribution in [0.2, 0.25) is 0 Å². The third kappa shape index (κ3) is 3.09. The van der Waals surface area contributed by atoms with Crippen molar-refractivity contribution in [3.8, 4) is 0 Å². The second kappa shape index (κ2) is 6.75. The number of rotatable bonds is 4. The molecule has 3 heterocycles. The van der Waals surface area contributed by atoms with Crippen LogP contribution < -0.4 is 4.31 Å². The van der Waals surface area contributed by atoms with Crippen LogP contribution in [0, 0.1) is 0 Å². The number of nitrogens with zero attached hydrogens (tertiary/aromatic N) is 4. The number of hydrogen-bond donors (Lipinski definition) is 0. The number of carbonyl (C=O) groups excluding carboxylic acids is 1. The molecule has 0 bridgehead atoms. The summed E-state index contributed by atoms with van der Waals surface area (Å²) in [6, 6.07) is 9.41. The summed E-state index contributed by atoms with van der Waals surface area (Å²) in [4.78, 5) is 14.2. The van der Waals surface area contributed by atoms with E-state index in [1.54, 1.807) is 28.0 Å². The number of sulfonamides is 1. The summed E-state index contributed by atoms with van der Waals surface area (Å²) in [5.74, 6) is -0.0876. The Hall–Kier alpha value is -2.35. The van der Waals surface area contributed by atoms with E-state index in [9.17, 15) is 13.2 Å². The van der Waals surface area contributed by atoms with Crippen LogP contribution in [0.5, 0.6) is 0 Å². The molecule has 138 valence electrons. The Bertz CT molecular complexity index is 895. The minimum atomic E-state index is -3.49. The average molecular weight is 374 g/mol. The zero-order chi connectivity index (χ0) is 18.1. The van der Waals surface area contributed by atoms with Crippen molar-refractivity contribution in [3.63, 3.8) is 0 Å². The van der Waals surface area contributed by atoms with Crippen molar-refractivity contribution >= 4 is 21.6 Å². The van der Waals surface area contributed by atoms with Gasteiger partial charge >= 0.3 is 0 Å². The van der Waals surface area contributed by atoms with Gasteiger partial charge in [-0.05, 0) is 37.0 Å². The highest BCUT2D eigenvalue weighted by atomic mass is 32.2. The Morgan fingerprint density at radius 2 is 2.04 bits per heavy atom. The molecule has 0 N–H and O–H groups in total. The normalized spacial score (nSPS) is 20.2. The van der Waals surface area contributed by atoms with E-state index in [0.717, 1.165) is 17.7 Å². The first-order valence-corrected chi connectivity index (χ1v) is 10.4. The lowest BCUT2D eigenvalue weighted by atomic mass is 10.1. The predicted octanol–water partition coefficient (Wildman–Crippen LogP) is 1.27. The van der Waals surface area contributed by atoms with Gasteiger partial charge in [0.1, 0.15) is 6.54 Å². The summed E-state index contributed by atoms with van der Waals surface area (Å²) >= 11 is 0. The number of para-hydroxylation sites is 1. The van der Waals surface area contributed by atoms with Crippen molar-refractivity contribution in [2.24, 2.45) is 0 Å². The van der Waals surface area contributed by atoms with Gasteiger partial charge in [-0.15, -0.1) is 0 Å². The van der Waals surface area contributed by atoms with Crippen LogP contribution >= 0.6 is 0 Å². The smallest absolute Gasteiger partial charge is 0.244 e. The summed E-state index contributed by atoms with van der Waals surface area (Å²) in [5, 5.41) is 3.50. The van der Waals surface area contributed by atoms with Crippen LogP contribution in [0.25, 0.3) is 0 Å². The number of carbonyl (C=O) groups is 1. The summed E-state index contributed by atoms with van der Waals surface area (Å²) in [6.07, 6.45) is 5.39. The van der Waals surface area contributed by atoms with Gasteiger partial charge in [0.25, 0.3) is 0 Å². The van der Waals surface area contributed by atoms with Gasteiger partial charge < -0.3 is 4.90 Å². The van der Waals surface area contributed by atoms with Gasteiger partial charge in [-0.2, -0.15) is 5.10 Å². The fourth-order valence-corrected chi connectivity index (χ4v) is 5.78. The van der Waals surface area contributed by atoms with E-state index in [-0.39, 0.29) is 19.0 Å². The van der Waals surface area contributed by atoms with Crippen molar-refractivity contribution < 1.29 is 13.2 Å². The molecule has 1 saturated heterocycles. The number of piperidine rings is 1. The van der Waals surface area contributed by atoms with E-state index in [2.05, 4.69) is 5.10 Å². The monoisotopic (exact) mass is 374 g/mol. The molecule has 26 heavy (non-hydrogen) atoms. The highest BCUT2D eigenvalue weighted by Crippen LogP contribution is 2.33. The molecule has 2 aromatic rings. The minimum Gasteiger partial charge on any atom is -0.340 e. The van der Waals surface area contributed by atoms with Gasteiger partial charge in [0, 0.05) is 32.0 Å². The number of anilines is 1. The van der Waals surface area contributed by atoms with Crippen molar-refractivity contribution in [2.45, 2.75) is 31.1 Å². The number of hydrogen-bond acceptors (Lipinski definition) is 4. The first kappa shape index (κ1) is 17.1. The lowest BCUT2D eigenvalue weighted by molar-refractivity contribution is -0.132. The maximum absolute atomic E-state index is 13.2. The van der Waals surface area contributed by atoms with E-state index in [0.29, 0.717) is 25.9 Å². The molecule has 1 aromatic heterocycles. The van der Waals surface area contributed by atoms with Gasteiger partial charge in [-0.3, -0.25) is 13.8 Å². The topological polar surface area (TPSA) is 75.5 Å². The summed E-state index contributed by atoms with van der Waals surface area (Å²) < 4.78 is 29.5. The van der Waals surface area contributed by atoms with Crippen molar-refractivity contribution in [1.82, 2.24) is 14.7 Å². The Morgan fingerprint density at radius 3 is 2.85 bits per heavy atom. The predicted molar refractivity (Wildman–Crippen MR) is 98.2 cm³/mol.